The van der Waals surface area contributed by atoms with Crippen molar-refractivity contribution in [3.63, 3.8) is 0 Å². The number of nitrogens with zero attached hydrogens (tertiary/aromatic N) is 1. The Balaban J connectivity index is 2.37. The SMILES string of the molecule is O=C(O)c1c(Cl)c(-c2ccc(Cl)cc2)nc2cc(Cl)ccc12. The smallest absolute Gasteiger partial charge is 0.337 e. The third-order valence-electron chi connectivity index (χ3n) is 3.22. The molecule has 0 saturated heterocycles. The van der Waals surface area contributed by atoms with Crippen molar-refractivity contribution in [1.82, 2.24) is 4.98 Å². The highest BCUT2D eigenvalue weighted by molar-refractivity contribution is 6.38. The molecule has 0 aliphatic rings. The topological polar surface area (TPSA) is 50.2 Å². The molecule has 3 rings (SSSR count). The predicted octanol–water partition coefficient (Wildman–Crippen LogP) is 5.56. The minimum atomic E-state index is -1.12. The highest BCUT2D eigenvalue weighted by Crippen LogP contribution is 2.35. The number of aromatic carboxylic acids is 1. The number of rotatable bonds is 2. The molecule has 0 unspecified atom stereocenters. The second-order valence-corrected chi connectivity index (χ2v) is 5.87. The second kappa shape index (κ2) is 5.76. The van der Waals surface area contributed by atoms with Crippen LogP contribution in [0.4, 0.5) is 0 Å². The van der Waals surface area contributed by atoms with Gasteiger partial charge in [-0.15, -0.1) is 0 Å². The summed E-state index contributed by atoms with van der Waals surface area (Å²) in [5, 5.41) is 11.1. The molecule has 0 fully saturated rings. The Bertz CT molecular complexity index is 892. The molecule has 0 saturated carbocycles. The van der Waals surface area contributed by atoms with Crippen LogP contribution in [0.2, 0.25) is 15.1 Å². The van der Waals surface area contributed by atoms with E-state index in [0.717, 1.165) is 0 Å². The van der Waals surface area contributed by atoms with Crippen molar-refractivity contribution >= 4 is 51.7 Å². The van der Waals surface area contributed by atoms with Crippen molar-refractivity contribution in [2.45, 2.75) is 0 Å². The predicted molar refractivity (Wildman–Crippen MR) is 89.2 cm³/mol. The molecule has 0 aliphatic heterocycles. The van der Waals surface area contributed by atoms with Crippen LogP contribution in [-0.4, -0.2) is 16.1 Å². The Labute approximate surface area is 141 Å². The Kier molecular flexibility index (Phi) is 3.96. The normalized spacial score (nSPS) is 10.9. The summed E-state index contributed by atoms with van der Waals surface area (Å²) in [6, 6.07) is 11.7. The number of carboxylic acid groups (broad SMARTS) is 1. The highest BCUT2D eigenvalue weighted by Gasteiger charge is 2.20. The number of halogens is 3. The molecule has 0 aliphatic carbocycles. The quantitative estimate of drug-likeness (QED) is 0.657. The van der Waals surface area contributed by atoms with Crippen molar-refractivity contribution in [3.8, 4) is 11.3 Å². The number of benzene rings is 2. The molecule has 110 valence electrons. The van der Waals surface area contributed by atoms with Gasteiger partial charge in [0.05, 0.1) is 21.8 Å². The van der Waals surface area contributed by atoms with Gasteiger partial charge in [-0.25, -0.2) is 9.78 Å². The van der Waals surface area contributed by atoms with Gasteiger partial charge in [0.15, 0.2) is 0 Å². The van der Waals surface area contributed by atoms with Gasteiger partial charge in [-0.05, 0) is 24.3 Å². The third kappa shape index (κ3) is 2.63. The summed E-state index contributed by atoms with van der Waals surface area (Å²) < 4.78 is 0. The largest absolute Gasteiger partial charge is 0.478 e. The molecule has 3 nitrogen and oxygen atoms in total. The van der Waals surface area contributed by atoms with Crippen molar-refractivity contribution in [2.75, 3.05) is 0 Å². The first-order valence-electron chi connectivity index (χ1n) is 6.25. The van der Waals surface area contributed by atoms with Gasteiger partial charge in [0.1, 0.15) is 0 Å². The lowest BCUT2D eigenvalue weighted by atomic mass is 10.0. The van der Waals surface area contributed by atoms with Crippen molar-refractivity contribution < 1.29 is 9.90 Å². The molecule has 1 heterocycles. The van der Waals surface area contributed by atoms with Crippen LogP contribution in [0, 0.1) is 0 Å². The fourth-order valence-electron chi connectivity index (χ4n) is 2.22. The van der Waals surface area contributed by atoms with Gasteiger partial charge in [0, 0.05) is 21.0 Å². The molecule has 3 aromatic rings. The minimum absolute atomic E-state index is 0.00767. The number of hydrogen-bond acceptors (Lipinski definition) is 2. The summed E-state index contributed by atoms with van der Waals surface area (Å²) in [7, 11) is 0. The third-order valence-corrected chi connectivity index (χ3v) is 4.08. The Morgan fingerprint density at radius 2 is 1.59 bits per heavy atom. The lowest BCUT2D eigenvalue weighted by Crippen LogP contribution is -2.02. The molecular formula is C16H8Cl3NO2. The number of pyridine rings is 1. The Morgan fingerprint density at radius 3 is 2.23 bits per heavy atom. The van der Waals surface area contributed by atoms with Crippen LogP contribution >= 0.6 is 34.8 Å². The molecule has 0 atom stereocenters. The maximum Gasteiger partial charge on any atom is 0.337 e. The highest BCUT2D eigenvalue weighted by atomic mass is 35.5. The summed E-state index contributed by atoms with van der Waals surface area (Å²) in [4.78, 5) is 16.0. The number of fused-ring (bicyclic) bond motifs is 1. The number of carbonyl (C=O) groups is 1. The molecule has 0 bridgehead atoms. The first kappa shape index (κ1) is 15.1. The fraction of sp³-hybridized carbons (Fsp3) is 0. The Hall–Kier alpha value is -1.81. The van der Waals surface area contributed by atoms with Crippen LogP contribution in [-0.2, 0) is 0 Å². The zero-order valence-electron chi connectivity index (χ0n) is 11.0. The molecular weight excluding hydrogens is 345 g/mol. The molecule has 22 heavy (non-hydrogen) atoms. The van der Waals surface area contributed by atoms with E-state index in [9.17, 15) is 9.90 Å². The van der Waals surface area contributed by atoms with Crippen molar-refractivity contribution in [3.05, 3.63) is 63.1 Å². The average molecular weight is 353 g/mol. The summed E-state index contributed by atoms with van der Waals surface area (Å²) in [6.45, 7) is 0. The molecule has 1 aromatic heterocycles. The first-order chi connectivity index (χ1) is 10.5. The Morgan fingerprint density at radius 1 is 0.955 bits per heavy atom. The zero-order chi connectivity index (χ0) is 15.9. The monoisotopic (exact) mass is 351 g/mol. The van der Waals surface area contributed by atoms with Gasteiger partial charge in [-0.2, -0.15) is 0 Å². The standard InChI is InChI=1S/C16H8Cl3NO2/c17-9-3-1-8(2-4-9)15-14(19)13(16(21)22)11-6-5-10(18)7-12(11)20-15/h1-7H,(H,21,22). The van der Waals surface area contributed by atoms with Gasteiger partial charge in [-0.3, -0.25) is 0 Å². The maximum atomic E-state index is 11.6. The molecule has 0 spiro atoms. The summed E-state index contributed by atoms with van der Waals surface area (Å²) in [5.41, 5.74) is 1.54. The van der Waals surface area contributed by atoms with Gasteiger partial charge < -0.3 is 5.11 Å². The zero-order valence-corrected chi connectivity index (χ0v) is 13.2. The number of carboxylic acids is 1. The molecule has 0 amide bonds. The van der Waals surface area contributed by atoms with Crippen LogP contribution in [0.3, 0.4) is 0 Å². The van der Waals surface area contributed by atoms with E-state index in [-0.39, 0.29) is 10.6 Å². The molecule has 1 N–H and O–H groups in total. The second-order valence-electron chi connectivity index (χ2n) is 4.62. The minimum Gasteiger partial charge on any atom is -0.478 e. The number of hydrogen-bond donors (Lipinski definition) is 1. The summed E-state index contributed by atoms with van der Waals surface area (Å²) >= 11 is 18.1. The van der Waals surface area contributed by atoms with E-state index in [4.69, 9.17) is 34.8 Å². The lowest BCUT2D eigenvalue weighted by Gasteiger charge is -2.11. The van der Waals surface area contributed by atoms with E-state index < -0.39 is 5.97 Å². The van der Waals surface area contributed by atoms with E-state index in [1.165, 1.54) is 0 Å². The van der Waals surface area contributed by atoms with Gasteiger partial charge in [0.25, 0.3) is 0 Å². The number of aromatic nitrogens is 1. The van der Waals surface area contributed by atoms with Crippen LogP contribution < -0.4 is 0 Å². The van der Waals surface area contributed by atoms with E-state index >= 15 is 0 Å². The van der Waals surface area contributed by atoms with Gasteiger partial charge in [-0.1, -0.05) is 53.0 Å². The maximum absolute atomic E-state index is 11.6. The summed E-state index contributed by atoms with van der Waals surface area (Å²) in [5.74, 6) is -1.12. The van der Waals surface area contributed by atoms with Crippen LogP contribution in [0.5, 0.6) is 0 Å². The van der Waals surface area contributed by atoms with Crippen molar-refractivity contribution in [2.24, 2.45) is 0 Å². The summed E-state index contributed by atoms with van der Waals surface area (Å²) in [6.07, 6.45) is 0. The average Bonchev–Trinajstić information content (AvgIpc) is 2.47. The van der Waals surface area contributed by atoms with E-state index in [0.29, 0.717) is 32.2 Å². The van der Waals surface area contributed by atoms with Gasteiger partial charge in [0.2, 0.25) is 0 Å². The van der Waals surface area contributed by atoms with Crippen molar-refractivity contribution in [1.29, 1.82) is 0 Å². The fourth-order valence-corrected chi connectivity index (χ4v) is 2.85. The van der Waals surface area contributed by atoms with E-state index in [2.05, 4.69) is 4.98 Å². The van der Waals surface area contributed by atoms with Gasteiger partial charge >= 0.3 is 5.97 Å². The molecule has 6 heteroatoms. The lowest BCUT2D eigenvalue weighted by molar-refractivity contribution is 0.0699. The van der Waals surface area contributed by atoms with Crippen LogP contribution in [0.1, 0.15) is 10.4 Å². The van der Waals surface area contributed by atoms with Crippen LogP contribution in [0.25, 0.3) is 22.2 Å². The molecule has 2 aromatic carbocycles. The van der Waals surface area contributed by atoms with E-state index in [1.807, 2.05) is 0 Å². The van der Waals surface area contributed by atoms with E-state index in [1.54, 1.807) is 42.5 Å². The first-order valence-corrected chi connectivity index (χ1v) is 7.39. The van der Waals surface area contributed by atoms with Crippen LogP contribution in [0.15, 0.2) is 42.5 Å². The molecule has 0 radical (unpaired) electrons.